The van der Waals surface area contributed by atoms with E-state index in [0.29, 0.717) is 6.61 Å². The summed E-state index contributed by atoms with van der Waals surface area (Å²) in [4.78, 5) is 13.2. The van der Waals surface area contributed by atoms with Gasteiger partial charge in [0.25, 0.3) is 0 Å². The third-order valence-corrected chi connectivity index (χ3v) is 3.01. The maximum atomic E-state index is 10.5. The highest BCUT2D eigenvalue weighted by atomic mass is 32.1. The van der Waals surface area contributed by atoms with E-state index in [1.54, 1.807) is 11.3 Å². The van der Waals surface area contributed by atoms with Crippen molar-refractivity contribution in [3.8, 4) is 0 Å². The van der Waals surface area contributed by atoms with Crippen LogP contribution >= 0.6 is 11.3 Å². The van der Waals surface area contributed by atoms with E-state index in [1.807, 2.05) is 0 Å². The van der Waals surface area contributed by atoms with E-state index in [1.165, 1.54) is 16.7 Å². The summed E-state index contributed by atoms with van der Waals surface area (Å²) in [6.07, 6.45) is 1.92. The molecule has 0 unspecified atom stereocenters. The van der Waals surface area contributed by atoms with Gasteiger partial charge in [0.15, 0.2) is 0 Å². The Morgan fingerprint density at radius 1 is 1.46 bits per heavy atom. The minimum atomic E-state index is -0.202. The molecule has 1 aromatic heterocycles. The fraction of sp³-hybridized carbons (Fsp3) is 0.500. The molecule has 1 rings (SSSR count). The molecule has 0 bridgehead atoms. The Morgan fingerprint density at radius 2 is 2.15 bits per heavy atom. The van der Waals surface area contributed by atoms with Crippen LogP contribution in [0.25, 0.3) is 0 Å². The fourth-order valence-electron chi connectivity index (χ4n) is 1.04. The summed E-state index contributed by atoms with van der Waals surface area (Å²) in [6.45, 7) is 4.08. The second kappa shape index (κ2) is 5.02. The first-order chi connectivity index (χ1) is 6.22. The lowest BCUT2D eigenvalue weighted by Gasteiger charge is -1.98. The van der Waals surface area contributed by atoms with E-state index >= 15 is 0 Å². The van der Waals surface area contributed by atoms with Crippen LogP contribution in [0.3, 0.4) is 0 Å². The molecule has 0 fully saturated rings. The van der Waals surface area contributed by atoms with E-state index in [4.69, 9.17) is 4.74 Å². The standard InChI is InChI=1S/C10H14O2S/c1-3-9-4-5-10(13-9)6-7-12-8(2)11/h4-5H,3,6-7H2,1-2H3. The number of carbonyl (C=O) groups is 1. The number of esters is 1. The van der Waals surface area contributed by atoms with E-state index in [2.05, 4.69) is 19.1 Å². The van der Waals surface area contributed by atoms with E-state index in [0.717, 1.165) is 12.8 Å². The van der Waals surface area contributed by atoms with E-state index in [-0.39, 0.29) is 5.97 Å². The SMILES string of the molecule is CCc1ccc(CCOC(C)=O)s1. The summed E-state index contributed by atoms with van der Waals surface area (Å²) in [7, 11) is 0. The molecule has 1 heterocycles. The van der Waals surface area contributed by atoms with Crippen molar-refractivity contribution in [2.75, 3.05) is 6.61 Å². The average Bonchev–Trinajstić information content (AvgIpc) is 2.52. The first-order valence-electron chi connectivity index (χ1n) is 4.43. The third-order valence-electron chi connectivity index (χ3n) is 1.72. The van der Waals surface area contributed by atoms with E-state index in [9.17, 15) is 4.79 Å². The van der Waals surface area contributed by atoms with Crippen molar-refractivity contribution in [1.29, 1.82) is 0 Å². The zero-order chi connectivity index (χ0) is 9.68. The molecule has 0 aliphatic heterocycles. The van der Waals surface area contributed by atoms with Crippen molar-refractivity contribution in [3.63, 3.8) is 0 Å². The fourth-order valence-corrected chi connectivity index (χ4v) is 1.98. The van der Waals surface area contributed by atoms with Gasteiger partial charge in [0, 0.05) is 23.1 Å². The molecule has 0 saturated heterocycles. The third kappa shape index (κ3) is 3.59. The van der Waals surface area contributed by atoms with Gasteiger partial charge in [0.2, 0.25) is 0 Å². The number of ether oxygens (including phenoxy) is 1. The molecule has 1 aromatic rings. The summed E-state index contributed by atoms with van der Waals surface area (Å²) < 4.78 is 4.86. The predicted octanol–water partition coefficient (Wildman–Crippen LogP) is 2.42. The molecule has 2 nitrogen and oxygen atoms in total. The van der Waals surface area contributed by atoms with Crippen LogP contribution in [0.15, 0.2) is 12.1 Å². The van der Waals surface area contributed by atoms with Crippen LogP contribution in [-0.2, 0) is 22.4 Å². The number of rotatable bonds is 4. The molecule has 0 N–H and O–H groups in total. The minimum Gasteiger partial charge on any atom is -0.465 e. The molecule has 72 valence electrons. The zero-order valence-corrected chi connectivity index (χ0v) is 8.82. The molecule has 0 radical (unpaired) electrons. The summed E-state index contributed by atoms with van der Waals surface area (Å²) in [5.74, 6) is -0.202. The van der Waals surface area contributed by atoms with E-state index < -0.39 is 0 Å². The number of carbonyl (C=O) groups excluding carboxylic acids is 1. The summed E-state index contributed by atoms with van der Waals surface area (Å²) >= 11 is 1.79. The predicted molar refractivity (Wildman–Crippen MR) is 54.0 cm³/mol. The van der Waals surface area contributed by atoms with Crippen molar-refractivity contribution in [3.05, 3.63) is 21.9 Å². The normalized spacial score (nSPS) is 10.0. The van der Waals surface area contributed by atoms with Crippen LogP contribution in [-0.4, -0.2) is 12.6 Å². The first-order valence-corrected chi connectivity index (χ1v) is 5.25. The molecular weight excluding hydrogens is 184 g/mol. The molecule has 3 heteroatoms. The van der Waals surface area contributed by atoms with Gasteiger partial charge in [-0.1, -0.05) is 6.92 Å². The number of hydrogen-bond donors (Lipinski definition) is 0. The maximum Gasteiger partial charge on any atom is 0.302 e. The van der Waals surface area contributed by atoms with Crippen molar-refractivity contribution in [2.45, 2.75) is 26.7 Å². The Labute approximate surface area is 82.5 Å². The molecule has 0 aliphatic rings. The van der Waals surface area contributed by atoms with Gasteiger partial charge in [0.1, 0.15) is 0 Å². The van der Waals surface area contributed by atoms with Gasteiger partial charge in [-0.15, -0.1) is 11.3 Å². The Morgan fingerprint density at radius 3 is 2.69 bits per heavy atom. The highest BCUT2D eigenvalue weighted by molar-refractivity contribution is 7.11. The van der Waals surface area contributed by atoms with Crippen LogP contribution in [0.2, 0.25) is 0 Å². The highest BCUT2D eigenvalue weighted by Gasteiger charge is 1.99. The molecule has 13 heavy (non-hydrogen) atoms. The van der Waals surface area contributed by atoms with Crippen LogP contribution < -0.4 is 0 Å². The molecule has 0 aromatic carbocycles. The Bertz CT molecular complexity index is 278. The number of hydrogen-bond acceptors (Lipinski definition) is 3. The van der Waals surface area contributed by atoms with Gasteiger partial charge in [0.05, 0.1) is 6.61 Å². The largest absolute Gasteiger partial charge is 0.465 e. The topological polar surface area (TPSA) is 26.3 Å². The molecular formula is C10H14O2S. The van der Waals surface area contributed by atoms with Crippen LogP contribution in [0.5, 0.6) is 0 Å². The van der Waals surface area contributed by atoms with Gasteiger partial charge in [-0.3, -0.25) is 4.79 Å². The zero-order valence-electron chi connectivity index (χ0n) is 8.00. The van der Waals surface area contributed by atoms with Crippen LogP contribution in [0.1, 0.15) is 23.6 Å². The van der Waals surface area contributed by atoms with Gasteiger partial charge in [-0.2, -0.15) is 0 Å². The number of thiophene rings is 1. The summed E-state index contributed by atoms with van der Waals surface area (Å²) in [5.41, 5.74) is 0. The van der Waals surface area contributed by atoms with Crippen molar-refractivity contribution in [1.82, 2.24) is 0 Å². The molecule has 0 atom stereocenters. The average molecular weight is 198 g/mol. The number of aryl methyl sites for hydroxylation is 1. The molecule has 0 saturated carbocycles. The Kier molecular flexibility index (Phi) is 3.96. The summed E-state index contributed by atoms with van der Waals surface area (Å²) in [6, 6.07) is 4.24. The van der Waals surface area contributed by atoms with Gasteiger partial charge in [-0.25, -0.2) is 0 Å². The maximum absolute atomic E-state index is 10.5. The molecule has 0 amide bonds. The monoisotopic (exact) mass is 198 g/mol. The lowest BCUT2D eigenvalue weighted by molar-refractivity contribution is -0.140. The van der Waals surface area contributed by atoms with Gasteiger partial charge in [-0.05, 0) is 18.6 Å². The van der Waals surface area contributed by atoms with Gasteiger partial charge >= 0.3 is 5.97 Å². The quantitative estimate of drug-likeness (QED) is 0.694. The smallest absolute Gasteiger partial charge is 0.302 e. The minimum absolute atomic E-state index is 0.202. The van der Waals surface area contributed by atoms with Crippen LogP contribution in [0, 0.1) is 0 Å². The second-order valence-electron chi connectivity index (χ2n) is 2.81. The van der Waals surface area contributed by atoms with Crippen LogP contribution in [0.4, 0.5) is 0 Å². The second-order valence-corrected chi connectivity index (χ2v) is 4.06. The lowest BCUT2D eigenvalue weighted by atomic mass is 10.3. The van der Waals surface area contributed by atoms with Crippen molar-refractivity contribution >= 4 is 17.3 Å². The van der Waals surface area contributed by atoms with Gasteiger partial charge < -0.3 is 4.74 Å². The lowest BCUT2D eigenvalue weighted by Crippen LogP contribution is -2.01. The highest BCUT2D eigenvalue weighted by Crippen LogP contribution is 2.17. The first kappa shape index (κ1) is 10.3. The molecule has 0 aliphatic carbocycles. The molecule has 0 spiro atoms. The van der Waals surface area contributed by atoms with Crippen molar-refractivity contribution < 1.29 is 9.53 Å². The Balaban J connectivity index is 2.32. The van der Waals surface area contributed by atoms with Crippen molar-refractivity contribution in [2.24, 2.45) is 0 Å². The summed E-state index contributed by atoms with van der Waals surface area (Å²) in [5, 5.41) is 0. The Hall–Kier alpha value is -0.830.